The number of rotatable bonds is 1. The van der Waals surface area contributed by atoms with Gasteiger partial charge in [0.05, 0.1) is 10.7 Å². The third-order valence-electron chi connectivity index (χ3n) is 2.48. The molecule has 0 saturated carbocycles. The van der Waals surface area contributed by atoms with Crippen molar-refractivity contribution in [1.29, 1.82) is 0 Å². The molecule has 1 fully saturated rings. The van der Waals surface area contributed by atoms with Gasteiger partial charge < -0.3 is 10.6 Å². The molecule has 2 N–H and O–H groups in total. The van der Waals surface area contributed by atoms with Crippen molar-refractivity contribution in [2.24, 2.45) is 0 Å². The molecule has 2 amide bonds. The van der Waals surface area contributed by atoms with Gasteiger partial charge in [0.15, 0.2) is 0 Å². The number of hydrogen-bond donors (Lipinski definition) is 1. The molecule has 1 saturated heterocycles. The molecule has 1 aliphatic heterocycles. The number of halogens is 1. The Morgan fingerprint density at radius 3 is 2.67 bits per heavy atom. The Morgan fingerprint density at radius 1 is 1.40 bits per heavy atom. The van der Waals surface area contributed by atoms with Gasteiger partial charge in [-0.15, -0.1) is 0 Å². The maximum atomic E-state index is 11.7. The van der Waals surface area contributed by atoms with Gasteiger partial charge in [-0.25, -0.2) is 4.79 Å². The highest BCUT2D eigenvalue weighted by atomic mass is 35.5. The predicted octanol–water partition coefficient (Wildman–Crippen LogP) is 1.79. The number of carbonyl (C=O) groups is 1. The molecular formula is C10H12ClN3O. The lowest BCUT2D eigenvalue weighted by atomic mass is 10.2. The number of urea groups is 1. The molecule has 0 radical (unpaired) electrons. The van der Waals surface area contributed by atoms with Gasteiger partial charge in [0, 0.05) is 25.8 Å². The van der Waals surface area contributed by atoms with Gasteiger partial charge in [-0.2, -0.15) is 0 Å². The molecule has 0 atom stereocenters. The van der Waals surface area contributed by atoms with Crippen LogP contribution in [0.1, 0.15) is 0 Å². The van der Waals surface area contributed by atoms with Gasteiger partial charge in [0.2, 0.25) is 0 Å². The molecule has 1 heterocycles. The second-order valence-electron chi connectivity index (χ2n) is 3.57. The van der Waals surface area contributed by atoms with Gasteiger partial charge in [0.1, 0.15) is 0 Å². The van der Waals surface area contributed by atoms with E-state index in [1.165, 1.54) is 0 Å². The number of benzene rings is 1. The highest BCUT2D eigenvalue weighted by Crippen LogP contribution is 2.29. The van der Waals surface area contributed by atoms with Crippen LogP contribution in [0.2, 0.25) is 5.02 Å². The van der Waals surface area contributed by atoms with Crippen molar-refractivity contribution < 1.29 is 4.79 Å². The third-order valence-corrected chi connectivity index (χ3v) is 2.78. The molecule has 5 heteroatoms. The minimum atomic E-state index is -0.0262. The maximum Gasteiger partial charge on any atom is 0.324 e. The van der Waals surface area contributed by atoms with E-state index in [1.807, 2.05) is 0 Å². The second kappa shape index (κ2) is 3.62. The quantitative estimate of drug-likeness (QED) is 0.741. The number of hydrogen-bond acceptors (Lipinski definition) is 2. The third kappa shape index (κ3) is 1.72. The van der Waals surface area contributed by atoms with Crippen molar-refractivity contribution in [3.05, 3.63) is 23.2 Å². The fraction of sp³-hybridized carbons (Fsp3) is 0.300. The van der Waals surface area contributed by atoms with E-state index in [4.69, 9.17) is 17.3 Å². The molecule has 1 aromatic carbocycles. The highest BCUT2D eigenvalue weighted by Gasteiger charge is 2.27. The van der Waals surface area contributed by atoms with Crippen molar-refractivity contribution in [3.8, 4) is 0 Å². The zero-order chi connectivity index (χ0) is 11.0. The SMILES string of the molecule is CN1CCN(c2ccc(N)cc2Cl)C1=O. The molecule has 80 valence electrons. The van der Waals surface area contributed by atoms with Gasteiger partial charge in [-0.1, -0.05) is 11.6 Å². The Balaban J connectivity index is 2.34. The summed E-state index contributed by atoms with van der Waals surface area (Å²) in [6.45, 7) is 1.39. The standard InChI is InChI=1S/C10H12ClN3O/c1-13-4-5-14(10(13)15)9-3-2-7(12)6-8(9)11/h2-3,6H,4-5,12H2,1H3. The summed E-state index contributed by atoms with van der Waals surface area (Å²) in [5.41, 5.74) is 6.91. The lowest BCUT2D eigenvalue weighted by Gasteiger charge is -2.17. The number of anilines is 2. The predicted molar refractivity (Wildman–Crippen MR) is 61.2 cm³/mol. The monoisotopic (exact) mass is 225 g/mol. The summed E-state index contributed by atoms with van der Waals surface area (Å²) in [6.07, 6.45) is 0. The average Bonchev–Trinajstić information content (AvgIpc) is 2.49. The van der Waals surface area contributed by atoms with Gasteiger partial charge in [-0.05, 0) is 18.2 Å². The molecule has 0 spiro atoms. The lowest BCUT2D eigenvalue weighted by Crippen LogP contribution is -2.29. The van der Waals surface area contributed by atoms with Crippen LogP contribution >= 0.6 is 11.6 Å². The van der Waals surface area contributed by atoms with E-state index >= 15 is 0 Å². The van der Waals surface area contributed by atoms with E-state index in [0.717, 1.165) is 12.2 Å². The van der Waals surface area contributed by atoms with Crippen LogP contribution in [0.15, 0.2) is 18.2 Å². The summed E-state index contributed by atoms with van der Waals surface area (Å²) in [4.78, 5) is 15.0. The minimum Gasteiger partial charge on any atom is -0.399 e. The van der Waals surface area contributed by atoms with Crippen LogP contribution < -0.4 is 10.6 Å². The zero-order valence-corrected chi connectivity index (χ0v) is 9.16. The Hall–Kier alpha value is -1.42. The first-order valence-corrected chi connectivity index (χ1v) is 5.05. The van der Waals surface area contributed by atoms with Crippen LogP contribution in [-0.2, 0) is 0 Å². The Morgan fingerprint density at radius 2 is 2.13 bits per heavy atom. The summed E-state index contributed by atoms with van der Waals surface area (Å²) >= 11 is 6.03. The first-order valence-electron chi connectivity index (χ1n) is 4.67. The molecule has 4 nitrogen and oxygen atoms in total. The average molecular weight is 226 g/mol. The van der Waals surface area contributed by atoms with E-state index in [2.05, 4.69) is 0 Å². The summed E-state index contributed by atoms with van der Waals surface area (Å²) < 4.78 is 0. The maximum absolute atomic E-state index is 11.7. The fourth-order valence-corrected chi connectivity index (χ4v) is 1.90. The molecule has 1 aromatic rings. The first kappa shape index (κ1) is 10.1. The summed E-state index contributed by atoms with van der Waals surface area (Å²) in [5, 5.41) is 0.513. The second-order valence-corrected chi connectivity index (χ2v) is 3.97. The van der Waals surface area contributed by atoms with E-state index in [-0.39, 0.29) is 6.03 Å². The largest absolute Gasteiger partial charge is 0.399 e. The molecule has 15 heavy (non-hydrogen) atoms. The minimum absolute atomic E-state index is 0.0262. The van der Waals surface area contributed by atoms with Crippen LogP contribution in [0.5, 0.6) is 0 Å². The van der Waals surface area contributed by atoms with E-state index in [1.54, 1.807) is 35.0 Å². The molecule has 2 rings (SSSR count). The number of nitrogens with two attached hydrogens (primary N) is 1. The van der Waals surface area contributed by atoms with Crippen molar-refractivity contribution in [2.45, 2.75) is 0 Å². The van der Waals surface area contributed by atoms with Crippen molar-refractivity contribution >= 4 is 29.0 Å². The lowest BCUT2D eigenvalue weighted by molar-refractivity contribution is 0.229. The van der Waals surface area contributed by atoms with Gasteiger partial charge in [-0.3, -0.25) is 4.90 Å². The molecule has 0 bridgehead atoms. The Bertz CT molecular complexity index is 408. The van der Waals surface area contributed by atoms with Crippen LogP contribution in [0, 0.1) is 0 Å². The molecule has 0 aliphatic carbocycles. The number of nitrogens with zero attached hydrogens (tertiary/aromatic N) is 2. The smallest absolute Gasteiger partial charge is 0.324 e. The fourth-order valence-electron chi connectivity index (χ4n) is 1.61. The molecule has 0 unspecified atom stereocenters. The van der Waals surface area contributed by atoms with E-state index in [9.17, 15) is 4.79 Å². The van der Waals surface area contributed by atoms with E-state index < -0.39 is 0 Å². The normalized spacial score (nSPS) is 16.3. The highest BCUT2D eigenvalue weighted by molar-refractivity contribution is 6.34. The van der Waals surface area contributed by atoms with E-state index in [0.29, 0.717) is 17.3 Å². The zero-order valence-electron chi connectivity index (χ0n) is 8.40. The summed E-state index contributed by atoms with van der Waals surface area (Å²) in [5.74, 6) is 0. The van der Waals surface area contributed by atoms with Crippen LogP contribution in [-0.4, -0.2) is 31.1 Å². The molecule has 0 aromatic heterocycles. The summed E-state index contributed by atoms with van der Waals surface area (Å²) in [6, 6.07) is 5.14. The van der Waals surface area contributed by atoms with Crippen molar-refractivity contribution in [1.82, 2.24) is 4.90 Å². The Kier molecular flexibility index (Phi) is 2.44. The number of likely N-dealkylation sites (N-methyl/N-ethyl adjacent to an activating group) is 1. The van der Waals surface area contributed by atoms with Crippen molar-refractivity contribution in [2.75, 3.05) is 30.8 Å². The molecule has 1 aliphatic rings. The van der Waals surface area contributed by atoms with Crippen molar-refractivity contribution in [3.63, 3.8) is 0 Å². The Labute approximate surface area is 93.2 Å². The molecular weight excluding hydrogens is 214 g/mol. The van der Waals surface area contributed by atoms with Gasteiger partial charge >= 0.3 is 6.03 Å². The topological polar surface area (TPSA) is 49.6 Å². The summed E-state index contributed by atoms with van der Waals surface area (Å²) in [7, 11) is 1.77. The first-order chi connectivity index (χ1) is 7.09. The number of carbonyl (C=O) groups excluding carboxylic acids is 1. The van der Waals surface area contributed by atoms with Crippen LogP contribution in [0.3, 0.4) is 0 Å². The van der Waals surface area contributed by atoms with Crippen LogP contribution in [0.25, 0.3) is 0 Å². The number of nitrogen functional groups attached to an aromatic ring is 1. The van der Waals surface area contributed by atoms with Gasteiger partial charge in [0.25, 0.3) is 0 Å². The number of amides is 2. The van der Waals surface area contributed by atoms with Crippen LogP contribution in [0.4, 0.5) is 16.2 Å².